The number of rotatable bonds is 2. The second-order valence-electron chi connectivity index (χ2n) is 3.92. The van der Waals surface area contributed by atoms with Gasteiger partial charge in [-0.05, 0) is 36.4 Å². The van der Waals surface area contributed by atoms with Crippen LogP contribution in [-0.2, 0) is 0 Å². The van der Waals surface area contributed by atoms with Gasteiger partial charge >= 0.3 is 0 Å². The van der Waals surface area contributed by atoms with Crippen LogP contribution in [0.4, 0.5) is 5.69 Å². The normalized spacial score (nSPS) is 9.90. The Morgan fingerprint density at radius 1 is 1.15 bits per heavy atom. The number of halogens is 2. The lowest BCUT2D eigenvalue weighted by Gasteiger charge is -2.09. The molecule has 0 spiro atoms. The Balaban J connectivity index is 2.28. The van der Waals surface area contributed by atoms with Crippen LogP contribution in [0.5, 0.6) is 0 Å². The third kappa shape index (κ3) is 3.26. The average Bonchev–Trinajstić information content (AvgIpc) is 2.43. The molecule has 1 amide bonds. The molecule has 2 aromatic rings. The third-order valence-electron chi connectivity index (χ3n) is 2.54. The molecule has 100 valence electrons. The number of anilines is 1. The zero-order valence-corrected chi connectivity index (χ0v) is 12.4. The molecule has 0 radical (unpaired) electrons. The quantitative estimate of drug-likeness (QED) is 0.805. The van der Waals surface area contributed by atoms with Crippen LogP contribution in [0.15, 0.2) is 41.3 Å². The molecule has 20 heavy (non-hydrogen) atoms. The minimum absolute atomic E-state index is 0.288. The molecular formula is C14H8Cl2N2OS. The van der Waals surface area contributed by atoms with Gasteiger partial charge in [0.05, 0.1) is 32.9 Å². The van der Waals surface area contributed by atoms with Crippen molar-refractivity contribution in [1.82, 2.24) is 0 Å². The van der Waals surface area contributed by atoms with E-state index >= 15 is 0 Å². The van der Waals surface area contributed by atoms with Crippen LogP contribution in [0.1, 0.15) is 15.9 Å². The lowest BCUT2D eigenvalue weighted by Crippen LogP contribution is -2.12. The van der Waals surface area contributed by atoms with Gasteiger partial charge in [0.1, 0.15) is 0 Å². The molecule has 0 fully saturated rings. The molecule has 1 N–H and O–H groups in total. The fraction of sp³-hybridized carbons (Fsp3) is 0. The fourth-order valence-electron chi connectivity index (χ4n) is 1.56. The summed E-state index contributed by atoms with van der Waals surface area (Å²) in [7, 11) is 0. The van der Waals surface area contributed by atoms with Gasteiger partial charge in [0, 0.05) is 4.90 Å². The number of nitrogens with zero attached hydrogens (tertiary/aromatic N) is 1. The number of thiol groups is 1. The topological polar surface area (TPSA) is 52.9 Å². The van der Waals surface area contributed by atoms with Crippen molar-refractivity contribution in [2.45, 2.75) is 4.90 Å². The first-order chi connectivity index (χ1) is 9.51. The maximum atomic E-state index is 12.1. The van der Waals surface area contributed by atoms with Gasteiger partial charge in [-0.1, -0.05) is 23.2 Å². The molecule has 0 aliphatic carbocycles. The molecular weight excluding hydrogens is 315 g/mol. The van der Waals surface area contributed by atoms with Gasteiger partial charge in [-0.15, -0.1) is 12.6 Å². The van der Waals surface area contributed by atoms with Gasteiger partial charge in [-0.25, -0.2) is 0 Å². The van der Waals surface area contributed by atoms with Gasteiger partial charge in [-0.2, -0.15) is 5.26 Å². The Morgan fingerprint density at radius 2 is 1.90 bits per heavy atom. The summed E-state index contributed by atoms with van der Waals surface area (Å²) in [6.45, 7) is 0. The highest BCUT2D eigenvalue weighted by Crippen LogP contribution is 2.25. The van der Waals surface area contributed by atoms with Crippen molar-refractivity contribution in [1.29, 1.82) is 5.26 Å². The first-order valence-electron chi connectivity index (χ1n) is 5.51. The summed E-state index contributed by atoms with van der Waals surface area (Å²) in [5, 5.41) is 12.0. The third-order valence-corrected chi connectivity index (χ3v) is 3.46. The van der Waals surface area contributed by atoms with E-state index < -0.39 is 5.91 Å². The molecule has 0 bridgehead atoms. The van der Waals surface area contributed by atoms with E-state index in [2.05, 4.69) is 17.9 Å². The predicted octanol–water partition coefficient (Wildman–Crippen LogP) is 4.41. The Morgan fingerprint density at radius 3 is 2.55 bits per heavy atom. The summed E-state index contributed by atoms with van der Waals surface area (Å²) < 4.78 is 0. The van der Waals surface area contributed by atoms with Crippen molar-refractivity contribution < 1.29 is 4.79 Å². The van der Waals surface area contributed by atoms with Crippen molar-refractivity contribution in [3.63, 3.8) is 0 Å². The number of benzene rings is 2. The van der Waals surface area contributed by atoms with Gasteiger partial charge < -0.3 is 5.32 Å². The number of carbonyl (C=O) groups excluding carboxylic acids is 1. The van der Waals surface area contributed by atoms with Crippen LogP contribution in [0.25, 0.3) is 0 Å². The lowest BCUT2D eigenvalue weighted by atomic mass is 10.2. The van der Waals surface area contributed by atoms with Crippen molar-refractivity contribution in [3.05, 3.63) is 57.6 Å². The highest BCUT2D eigenvalue weighted by atomic mass is 35.5. The van der Waals surface area contributed by atoms with Crippen molar-refractivity contribution >= 4 is 47.4 Å². The standard InChI is InChI=1S/C14H8Cl2N2OS/c15-11-3-2-9(20)6-10(11)14(19)18-13-4-1-8(7-17)5-12(13)16/h1-6,20H,(H,18,19). The number of carbonyl (C=O) groups is 1. The van der Waals surface area contributed by atoms with Gasteiger partial charge in [0.15, 0.2) is 0 Å². The van der Waals surface area contributed by atoms with E-state index in [0.29, 0.717) is 26.7 Å². The molecule has 0 aliphatic rings. The molecule has 0 aliphatic heterocycles. The van der Waals surface area contributed by atoms with E-state index in [-0.39, 0.29) is 5.02 Å². The summed E-state index contributed by atoms with van der Waals surface area (Å²) in [5.41, 5.74) is 1.14. The average molecular weight is 323 g/mol. The summed E-state index contributed by atoms with van der Waals surface area (Å²) in [6.07, 6.45) is 0. The molecule has 3 nitrogen and oxygen atoms in total. The summed E-state index contributed by atoms with van der Waals surface area (Å²) in [5.74, 6) is -0.391. The molecule has 0 saturated heterocycles. The van der Waals surface area contributed by atoms with Crippen LogP contribution in [-0.4, -0.2) is 5.91 Å². The number of hydrogen-bond donors (Lipinski definition) is 2. The number of nitrogens with one attached hydrogen (secondary N) is 1. The highest BCUT2D eigenvalue weighted by molar-refractivity contribution is 7.80. The van der Waals surface area contributed by atoms with E-state index in [0.717, 1.165) is 0 Å². The maximum Gasteiger partial charge on any atom is 0.257 e. The molecule has 2 rings (SSSR count). The zero-order chi connectivity index (χ0) is 14.7. The van der Waals surface area contributed by atoms with Crippen LogP contribution < -0.4 is 5.32 Å². The van der Waals surface area contributed by atoms with E-state index in [1.165, 1.54) is 6.07 Å². The first kappa shape index (κ1) is 14.7. The molecule has 2 aromatic carbocycles. The summed E-state index contributed by atoms with van der Waals surface area (Å²) >= 11 is 16.1. The van der Waals surface area contributed by atoms with Crippen LogP contribution in [0.3, 0.4) is 0 Å². The van der Waals surface area contributed by atoms with Crippen LogP contribution in [0.2, 0.25) is 10.0 Å². The second-order valence-corrected chi connectivity index (χ2v) is 5.26. The molecule has 0 saturated carbocycles. The minimum Gasteiger partial charge on any atom is -0.321 e. The van der Waals surface area contributed by atoms with E-state index in [9.17, 15) is 4.79 Å². The van der Waals surface area contributed by atoms with Crippen molar-refractivity contribution in [2.75, 3.05) is 5.32 Å². The SMILES string of the molecule is N#Cc1ccc(NC(=O)c2cc(S)ccc2Cl)c(Cl)c1. The molecule has 0 aromatic heterocycles. The molecule has 0 atom stereocenters. The van der Waals surface area contributed by atoms with Gasteiger partial charge in [0.2, 0.25) is 0 Å². The van der Waals surface area contributed by atoms with E-state index in [1.807, 2.05) is 6.07 Å². The summed E-state index contributed by atoms with van der Waals surface area (Å²) in [6, 6.07) is 11.4. The van der Waals surface area contributed by atoms with E-state index in [4.69, 9.17) is 28.5 Å². The van der Waals surface area contributed by atoms with Gasteiger partial charge in [-0.3, -0.25) is 4.79 Å². The molecule has 0 heterocycles. The molecule has 6 heteroatoms. The fourth-order valence-corrected chi connectivity index (χ4v) is 2.20. The Hall–Kier alpha value is -1.67. The minimum atomic E-state index is -0.391. The monoisotopic (exact) mass is 322 g/mol. The highest BCUT2D eigenvalue weighted by Gasteiger charge is 2.12. The lowest BCUT2D eigenvalue weighted by molar-refractivity contribution is 0.102. The second kappa shape index (κ2) is 6.19. The molecule has 0 unspecified atom stereocenters. The van der Waals surface area contributed by atoms with Crippen molar-refractivity contribution in [2.24, 2.45) is 0 Å². The van der Waals surface area contributed by atoms with E-state index in [1.54, 1.807) is 30.3 Å². The first-order valence-corrected chi connectivity index (χ1v) is 6.71. The smallest absolute Gasteiger partial charge is 0.257 e. The Labute approximate surface area is 131 Å². The van der Waals surface area contributed by atoms with Gasteiger partial charge in [0.25, 0.3) is 5.91 Å². The number of hydrogen-bond acceptors (Lipinski definition) is 3. The number of amides is 1. The Bertz CT molecular complexity index is 726. The van der Waals surface area contributed by atoms with Crippen LogP contribution >= 0.6 is 35.8 Å². The maximum absolute atomic E-state index is 12.1. The largest absolute Gasteiger partial charge is 0.321 e. The number of nitriles is 1. The summed E-state index contributed by atoms with van der Waals surface area (Å²) in [4.78, 5) is 12.8. The zero-order valence-electron chi connectivity index (χ0n) is 10.0. The van der Waals surface area contributed by atoms with Crippen molar-refractivity contribution in [3.8, 4) is 6.07 Å². The Kier molecular flexibility index (Phi) is 4.56. The predicted molar refractivity (Wildman–Crippen MR) is 82.8 cm³/mol. The van der Waals surface area contributed by atoms with Crippen LogP contribution in [0, 0.1) is 11.3 Å².